The highest BCUT2D eigenvalue weighted by atomic mass is 16.6. The third-order valence-electron chi connectivity index (χ3n) is 1.61. The number of hydroxylamine groups is 1. The minimum Gasteiger partial charge on any atom is -0.506 e. The molecule has 0 unspecified atom stereocenters. The van der Waals surface area contributed by atoms with E-state index in [9.17, 15) is 4.79 Å². The Hall–Kier alpha value is -2.43. The van der Waals surface area contributed by atoms with Gasteiger partial charge >= 0.3 is 0 Å². The lowest BCUT2D eigenvalue weighted by atomic mass is 10.3. The molecule has 0 bridgehead atoms. The summed E-state index contributed by atoms with van der Waals surface area (Å²) in [6.07, 6.45) is 7.45. The molecular formula is C11H12N2O3. The van der Waals surface area contributed by atoms with E-state index >= 15 is 0 Å². The Balaban J connectivity index is 0.000000181. The summed E-state index contributed by atoms with van der Waals surface area (Å²) < 4.78 is 0. The third kappa shape index (κ3) is 4.19. The molecule has 1 aliphatic heterocycles. The molecule has 0 saturated carbocycles. The van der Waals surface area contributed by atoms with Gasteiger partial charge in [0.1, 0.15) is 12.0 Å². The lowest BCUT2D eigenvalue weighted by molar-refractivity contribution is -0.105. The molecule has 2 rings (SSSR count). The maximum atomic E-state index is 9.90. The highest BCUT2D eigenvalue weighted by molar-refractivity contribution is 5.74. The highest BCUT2D eigenvalue weighted by Gasteiger charge is 1.94. The summed E-state index contributed by atoms with van der Waals surface area (Å²) in [5.74, 6) is 0.0783. The van der Waals surface area contributed by atoms with Crippen molar-refractivity contribution >= 4 is 12.1 Å². The number of phenols is 1. The third-order valence-corrected chi connectivity index (χ3v) is 1.61. The van der Waals surface area contributed by atoms with E-state index in [1.807, 2.05) is 6.08 Å². The molecule has 1 heterocycles. The largest absolute Gasteiger partial charge is 0.506 e. The second kappa shape index (κ2) is 6.94. The van der Waals surface area contributed by atoms with E-state index in [4.69, 9.17) is 5.11 Å². The number of carbonyl (C=O) groups excluding carboxylic acids is 1. The standard InChI is InChI=1S/C7H7NO2.C4H5NO/c9-5-8-6-3-1-2-4-7(6)10;1-2-4-6-5-3-1/h1-5,10H,(H,8,9);1-5H. The number of anilines is 1. The summed E-state index contributed by atoms with van der Waals surface area (Å²) in [4.78, 5) is 14.5. The molecule has 0 atom stereocenters. The van der Waals surface area contributed by atoms with Crippen LogP contribution in [-0.2, 0) is 9.63 Å². The van der Waals surface area contributed by atoms with Gasteiger partial charge in [0.05, 0.1) is 5.69 Å². The number of benzene rings is 1. The predicted octanol–water partition coefficient (Wildman–Crippen LogP) is 1.51. The van der Waals surface area contributed by atoms with Crippen LogP contribution >= 0.6 is 0 Å². The van der Waals surface area contributed by atoms with E-state index in [-0.39, 0.29) is 5.75 Å². The fourth-order valence-corrected chi connectivity index (χ4v) is 0.917. The number of aromatic hydroxyl groups is 1. The van der Waals surface area contributed by atoms with E-state index in [0.29, 0.717) is 12.1 Å². The van der Waals surface area contributed by atoms with Crippen molar-refractivity contribution in [2.75, 3.05) is 5.32 Å². The molecule has 0 aliphatic carbocycles. The summed E-state index contributed by atoms with van der Waals surface area (Å²) >= 11 is 0. The molecule has 0 saturated heterocycles. The fourth-order valence-electron chi connectivity index (χ4n) is 0.917. The fraction of sp³-hybridized carbons (Fsp3) is 0. The van der Waals surface area contributed by atoms with Crippen molar-refractivity contribution in [1.29, 1.82) is 0 Å². The molecule has 0 spiro atoms. The quantitative estimate of drug-likeness (QED) is 0.522. The van der Waals surface area contributed by atoms with Crippen LogP contribution in [-0.4, -0.2) is 11.5 Å². The van der Waals surface area contributed by atoms with Gasteiger partial charge in [-0.05, 0) is 24.3 Å². The Morgan fingerprint density at radius 3 is 2.56 bits per heavy atom. The van der Waals surface area contributed by atoms with Crippen molar-refractivity contribution in [3.8, 4) is 5.75 Å². The Morgan fingerprint density at radius 2 is 2.12 bits per heavy atom. The Labute approximate surface area is 93.0 Å². The monoisotopic (exact) mass is 220 g/mol. The minimum atomic E-state index is 0.0783. The first-order chi connectivity index (χ1) is 7.84. The predicted molar refractivity (Wildman–Crippen MR) is 60.3 cm³/mol. The molecule has 1 aliphatic rings. The number of para-hydroxylation sites is 2. The van der Waals surface area contributed by atoms with Gasteiger partial charge in [-0.15, -0.1) is 0 Å². The summed E-state index contributed by atoms with van der Waals surface area (Å²) in [5, 5.41) is 11.4. The van der Waals surface area contributed by atoms with Crippen LogP contribution in [0, 0.1) is 0 Å². The average molecular weight is 220 g/mol. The molecule has 3 N–H and O–H groups in total. The maximum absolute atomic E-state index is 9.90. The average Bonchev–Trinajstić information content (AvgIpc) is 2.35. The zero-order chi connectivity index (χ0) is 11.6. The van der Waals surface area contributed by atoms with Crippen molar-refractivity contribution < 1.29 is 14.7 Å². The highest BCUT2D eigenvalue weighted by Crippen LogP contribution is 2.20. The van der Waals surface area contributed by atoms with E-state index in [1.165, 1.54) is 6.07 Å². The Bertz CT molecular complexity index is 377. The van der Waals surface area contributed by atoms with Gasteiger partial charge in [-0.3, -0.25) is 4.79 Å². The Morgan fingerprint density at radius 1 is 1.31 bits per heavy atom. The molecule has 0 radical (unpaired) electrons. The molecule has 84 valence electrons. The molecule has 1 amide bonds. The van der Waals surface area contributed by atoms with E-state index in [2.05, 4.69) is 15.6 Å². The van der Waals surface area contributed by atoms with Crippen molar-refractivity contribution in [1.82, 2.24) is 5.48 Å². The van der Waals surface area contributed by atoms with Gasteiger partial charge in [0.2, 0.25) is 6.41 Å². The van der Waals surface area contributed by atoms with Gasteiger partial charge in [0, 0.05) is 6.20 Å². The van der Waals surface area contributed by atoms with Crippen LogP contribution in [0.5, 0.6) is 5.75 Å². The van der Waals surface area contributed by atoms with Crippen LogP contribution in [0.25, 0.3) is 0 Å². The molecule has 1 aromatic rings. The first-order valence-corrected chi connectivity index (χ1v) is 4.55. The number of hydrogen-bond acceptors (Lipinski definition) is 4. The number of allylic oxidation sites excluding steroid dienone is 2. The Kier molecular flexibility index (Phi) is 5.05. The molecule has 5 heteroatoms. The summed E-state index contributed by atoms with van der Waals surface area (Å²) in [6, 6.07) is 6.53. The summed E-state index contributed by atoms with van der Waals surface area (Å²) in [6.45, 7) is 0. The van der Waals surface area contributed by atoms with Crippen LogP contribution in [0.4, 0.5) is 5.69 Å². The first-order valence-electron chi connectivity index (χ1n) is 4.55. The van der Waals surface area contributed by atoms with Crippen molar-refractivity contribution in [3.05, 3.63) is 48.9 Å². The molecule has 1 aromatic carbocycles. The van der Waals surface area contributed by atoms with Gasteiger partial charge in [-0.2, -0.15) is 0 Å². The normalized spacial score (nSPS) is 11.5. The SMILES string of the molecule is C1=CNOC=C1.O=CNc1ccccc1O. The van der Waals surface area contributed by atoms with Gasteiger partial charge < -0.3 is 15.3 Å². The zero-order valence-corrected chi connectivity index (χ0v) is 8.46. The molecule has 16 heavy (non-hydrogen) atoms. The zero-order valence-electron chi connectivity index (χ0n) is 8.46. The number of rotatable bonds is 2. The van der Waals surface area contributed by atoms with Crippen LogP contribution in [0.3, 0.4) is 0 Å². The molecular weight excluding hydrogens is 208 g/mol. The number of phenolic OH excluding ortho intramolecular Hbond substituents is 1. The second-order valence-corrected chi connectivity index (χ2v) is 2.70. The smallest absolute Gasteiger partial charge is 0.211 e. The molecule has 0 aromatic heterocycles. The summed E-state index contributed by atoms with van der Waals surface area (Å²) in [5.41, 5.74) is 2.95. The number of carbonyl (C=O) groups is 1. The van der Waals surface area contributed by atoms with Crippen molar-refractivity contribution in [2.45, 2.75) is 0 Å². The lowest BCUT2D eigenvalue weighted by Crippen LogP contribution is -2.01. The van der Waals surface area contributed by atoms with Gasteiger partial charge in [0.25, 0.3) is 0 Å². The van der Waals surface area contributed by atoms with Gasteiger partial charge in [-0.25, -0.2) is 5.48 Å². The van der Waals surface area contributed by atoms with Crippen LogP contribution < -0.4 is 10.8 Å². The summed E-state index contributed by atoms with van der Waals surface area (Å²) in [7, 11) is 0. The van der Waals surface area contributed by atoms with Crippen LogP contribution in [0.2, 0.25) is 0 Å². The van der Waals surface area contributed by atoms with Crippen LogP contribution in [0.1, 0.15) is 0 Å². The number of amides is 1. The topological polar surface area (TPSA) is 70.6 Å². The minimum absolute atomic E-state index is 0.0783. The van der Waals surface area contributed by atoms with Gasteiger partial charge in [-0.1, -0.05) is 12.1 Å². The maximum Gasteiger partial charge on any atom is 0.211 e. The first kappa shape index (κ1) is 11.6. The van der Waals surface area contributed by atoms with E-state index in [1.54, 1.807) is 36.7 Å². The van der Waals surface area contributed by atoms with Gasteiger partial charge in [0.15, 0.2) is 0 Å². The second-order valence-electron chi connectivity index (χ2n) is 2.70. The molecule has 5 nitrogen and oxygen atoms in total. The van der Waals surface area contributed by atoms with Crippen molar-refractivity contribution in [3.63, 3.8) is 0 Å². The van der Waals surface area contributed by atoms with E-state index in [0.717, 1.165) is 0 Å². The van der Waals surface area contributed by atoms with Crippen molar-refractivity contribution in [2.24, 2.45) is 0 Å². The molecule has 0 fully saturated rings. The number of nitrogens with one attached hydrogen (secondary N) is 2. The van der Waals surface area contributed by atoms with Crippen LogP contribution in [0.15, 0.2) is 48.9 Å². The lowest BCUT2D eigenvalue weighted by Gasteiger charge is -1.98. The van der Waals surface area contributed by atoms with E-state index < -0.39 is 0 Å². The number of hydrogen-bond donors (Lipinski definition) is 3.